The first-order chi connectivity index (χ1) is 17.0. The van der Waals surface area contributed by atoms with Crippen LogP contribution in [0, 0.1) is 0 Å². The molecule has 6 rings (SSSR count). The standard InChI is InChI=1S/C27H37NO7/c1-17(2)30-19-12-6-5-11-18(19)28-24(29)22-20-21(33-26(32-20)13-7-3-8-14-26)23-25(31-22)35-27(34-23)15-9-4-10-16-27/h5-6,11-12,17,20-23,25H,3-4,7-10,13-16H2,1-2H3,(H,28,29)/t20-,21-,22-,23-,25-/m1/s1. The van der Waals surface area contributed by atoms with Crippen LogP contribution in [0.25, 0.3) is 0 Å². The van der Waals surface area contributed by atoms with Crippen molar-refractivity contribution in [2.75, 3.05) is 5.32 Å². The summed E-state index contributed by atoms with van der Waals surface area (Å²) in [5.74, 6) is -0.986. The van der Waals surface area contributed by atoms with Gasteiger partial charge >= 0.3 is 0 Å². The third-order valence-electron chi connectivity index (χ3n) is 7.88. The highest BCUT2D eigenvalue weighted by atomic mass is 16.9. The number of anilines is 1. The van der Waals surface area contributed by atoms with E-state index in [4.69, 9.17) is 28.4 Å². The van der Waals surface area contributed by atoms with Gasteiger partial charge in [-0.1, -0.05) is 25.0 Å². The molecule has 1 N–H and O–H groups in total. The molecular weight excluding hydrogens is 450 g/mol. The Bertz CT molecular complexity index is 924. The van der Waals surface area contributed by atoms with Gasteiger partial charge in [0.15, 0.2) is 24.0 Å². The smallest absolute Gasteiger partial charge is 0.256 e. The van der Waals surface area contributed by atoms with Crippen LogP contribution in [-0.4, -0.2) is 54.3 Å². The molecule has 2 saturated carbocycles. The van der Waals surface area contributed by atoms with E-state index >= 15 is 0 Å². The van der Waals surface area contributed by atoms with E-state index in [1.165, 1.54) is 12.8 Å². The van der Waals surface area contributed by atoms with Crippen molar-refractivity contribution in [2.45, 2.75) is 126 Å². The molecule has 3 saturated heterocycles. The molecule has 35 heavy (non-hydrogen) atoms. The number of benzene rings is 1. The molecule has 2 aliphatic carbocycles. The normalized spacial score (nSPS) is 35.1. The van der Waals surface area contributed by atoms with Gasteiger partial charge in [-0.2, -0.15) is 0 Å². The van der Waals surface area contributed by atoms with E-state index in [1.54, 1.807) is 0 Å². The molecule has 8 nitrogen and oxygen atoms in total. The molecular formula is C27H37NO7. The lowest BCUT2D eigenvalue weighted by Gasteiger charge is -2.36. The maximum Gasteiger partial charge on any atom is 0.256 e. The Kier molecular flexibility index (Phi) is 6.29. The molecule has 192 valence electrons. The summed E-state index contributed by atoms with van der Waals surface area (Å²) in [6, 6.07) is 7.44. The average molecular weight is 488 g/mol. The molecule has 0 radical (unpaired) electrons. The fraction of sp³-hybridized carbons (Fsp3) is 0.741. The Morgan fingerprint density at radius 1 is 0.857 bits per heavy atom. The van der Waals surface area contributed by atoms with E-state index in [-0.39, 0.29) is 12.0 Å². The van der Waals surface area contributed by atoms with Gasteiger partial charge in [-0.3, -0.25) is 4.79 Å². The number of hydrogen-bond donors (Lipinski definition) is 1. The number of ether oxygens (including phenoxy) is 6. The molecule has 2 spiro atoms. The fourth-order valence-electron chi connectivity index (χ4n) is 6.30. The molecule has 8 heteroatoms. The van der Waals surface area contributed by atoms with Crippen molar-refractivity contribution >= 4 is 11.6 Å². The first-order valence-corrected chi connectivity index (χ1v) is 13.4. The summed E-state index contributed by atoms with van der Waals surface area (Å²) >= 11 is 0. The molecule has 0 bridgehead atoms. The highest BCUT2D eigenvalue weighted by Gasteiger charge is 2.65. The summed E-state index contributed by atoms with van der Waals surface area (Å²) in [6.45, 7) is 3.92. The molecule has 5 aliphatic rings. The van der Waals surface area contributed by atoms with Crippen LogP contribution in [0.3, 0.4) is 0 Å². The van der Waals surface area contributed by atoms with E-state index in [0.717, 1.165) is 51.4 Å². The van der Waals surface area contributed by atoms with Gasteiger partial charge in [0.1, 0.15) is 24.1 Å². The van der Waals surface area contributed by atoms with E-state index in [1.807, 2.05) is 38.1 Å². The summed E-state index contributed by atoms with van der Waals surface area (Å²) in [6.07, 6.45) is 6.97. The Labute approximate surface area is 206 Å². The molecule has 5 atom stereocenters. The quantitative estimate of drug-likeness (QED) is 0.661. The molecule has 1 aromatic rings. The lowest BCUT2D eigenvalue weighted by Crippen LogP contribution is -2.58. The van der Waals surface area contributed by atoms with Crippen LogP contribution in [0.2, 0.25) is 0 Å². The van der Waals surface area contributed by atoms with Crippen LogP contribution < -0.4 is 10.1 Å². The Morgan fingerprint density at radius 2 is 1.46 bits per heavy atom. The van der Waals surface area contributed by atoms with Gasteiger partial charge in [0.2, 0.25) is 0 Å². The first-order valence-electron chi connectivity index (χ1n) is 13.4. The van der Waals surface area contributed by atoms with Gasteiger partial charge in [0.05, 0.1) is 11.8 Å². The maximum atomic E-state index is 13.7. The Hall–Kier alpha value is -1.71. The predicted molar refractivity (Wildman–Crippen MR) is 127 cm³/mol. The zero-order valence-corrected chi connectivity index (χ0v) is 20.7. The third-order valence-corrected chi connectivity index (χ3v) is 7.88. The lowest BCUT2D eigenvalue weighted by molar-refractivity contribution is -0.246. The van der Waals surface area contributed by atoms with Crippen LogP contribution in [0.1, 0.15) is 78.1 Å². The molecule has 5 fully saturated rings. The molecule has 3 aliphatic heterocycles. The second-order valence-electron chi connectivity index (χ2n) is 10.9. The van der Waals surface area contributed by atoms with Gasteiger partial charge < -0.3 is 33.7 Å². The lowest BCUT2D eigenvalue weighted by atomic mass is 9.94. The van der Waals surface area contributed by atoms with Gasteiger partial charge in [-0.15, -0.1) is 0 Å². The summed E-state index contributed by atoms with van der Waals surface area (Å²) in [7, 11) is 0. The third kappa shape index (κ3) is 4.48. The largest absolute Gasteiger partial charge is 0.489 e. The minimum atomic E-state index is -0.878. The van der Waals surface area contributed by atoms with E-state index in [9.17, 15) is 4.79 Å². The van der Waals surface area contributed by atoms with Crippen molar-refractivity contribution < 1.29 is 33.2 Å². The van der Waals surface area contributed by atoms with Crippen LogP contribution >= 0.6 is 0 Å². The molecule has 0 unspecified atom stereocenters. The number of carbonyl (C=O) groups excluding carboxylic acids is 1. The molecule has 0 aromatic heterocycles. The minimum Gasteiger partial charge on any atom is -0.489 e. The number of nitrogens with one attached hydrogen (secondary N) is 1. The average Bonchev–Trinajstić information content (AvgIpc) is 3.38. The van der Waals surface area contributed by atoms with Crippen LogP contribution in [0.15, 0.2) is 24.3 Å². The van der Waals surface area contributed by atoms with E-state index in [2.05, 4.69) is 5.32 Å². The van der Waals surface area contributed by atoms with Crippen molar-refractivity contribution in [3.05, 3.63) is 24.3 Å². The SMILES string of the molecule is CC(C)Oc1ccccc1NC(=O)[C@@H]1O[C@@H]2OC3(CCCCC3)O[C@@H]2[C@@H]2OC3(CCCCC3)O[C@H]21. The topological polar surface area (TPSA) is 84.5 Å². The van der Waals surface area contributed by atoms with Crippen molar-refractivity contribution in [2.24, 2.45) is 0 Å². The Morgan fingerprint density at radius 3 is 2.14 bits per heavy atom. The fourth-order valence-corrected chi connectivity index (χ4v) is 6.30. The number of para-hydroxylation sites is 2. The maximum absolute atomic E-state index is 13.7. The second kappa shape index (κ2) is 9.30. The molecule has 1 aromatic carbocycles. The first kappa shape index (κ1) is 23.7. The summed E-state index contributed by atoms with van der Waals surface area (Å²) < 4.78 is 38.4. The monoisotopic (exact) mass is 487 g/mol. The minimum absolute atomic E-state index is 0.0161. The van der Waals surface area contributed by atoms with Gasteiger partial charge in [-0.05, 0) is 51.7 Å². The van der Waals surface area contributed by atoms with Gasteiger partial charge in [0, 0.05) is 25.7 Å². The summed E-state index contributed by atoms with van der Waals surface area (Å²) in [5.41, 5.74) is 0.604. The summed E-state index contributed by atoms with van der Waals surface area (Å²) in [4.78, 5) is 13.7. The van der Waals surface area contributed by atoms with Crippen molar-refractivity contribution in [1.29, 1.82) is 0 Å². The van der Waals surface area contributed by atoms with Crippen LogP contribution in [0.5, 0.6) is 5.75 Å². The summed E-state index contributed by atoms with van der Waals surface area (Å²) in [5, 5.41) is 3.02. The highest BCUT2D eigenvalue weighted by molar-refractivity contribution is 5.96. The van der Waals surface area contributed by atoms with Crippen LogP contribution in [0.4, 0.5) is 5.69 Å². The number of fused-ring (bicyclic) bond motifs is 3. The number of amides is 1. The zero-order valence-electron chi connectivity index (χ0n) is 20.7. The number of carbonyl (C=O) groups is 1. The second-order valence-corrected chi connectivity index (χ2v) is 10.9. The number of rotatable bonds is 4. The predicted octanol–water partition coefficient (Wildman–Crippen LogP) is 4.66. The molecule has 3 heterocycles. The van der Waals surface area contributed by atoms with Gasteiger partial charge in [-0.25, -0.2) is 0 Å². The molecule has 1 amide bonds. The highest BCUT2D eigenvalue weighted by Crippen LogP contribution is 2.51. The Balaban J connectivity index is 1.26. The van der Waals surface area contributed by atoms with Crippen molar-refractivity contribution in [3.63, 3.8) is 0 Å². The zero-order chi connectivity index (χ0) is 24.0. The van der Waals surface area contributed by atoms with E-state index < -0.39 is 42.3 Å². The van der Waals surface area contributed by atoms with Gasteiger partial charge in [0.25, 0.3) is 5.91 Å². The van der Waals surface area contributed by atoms with Crippen molar-refractivity contribution in [1.82, 2.24) is 0 Å². The van der Waals surface area contributed by atoms with E-state index in [0.29, 0.717) is 11.4 Å². The number of hydrogen-bond acceptors (Lipinski definition) is 7. The van der Waals surface area contributed by atoms with Crippen molar-refractivity contribution in [3.8, 4) is 5.75 Å². The van der Waals surface area contributed by atoms with Crippen LogP contribution in [-0.2, 0) is 28.5 Å².